The summed E-state index contributed by atoms with van der Waals surface area (Å²) in [6.45, 7) is 5.92. The monoisotopic (exact) mass is 289 g/mol. The first-order chi connectivity index (χ1) is 10.2. The van der Waals surface area contributed by atoms with Crippen LogP contribution in [0.4, 0.5) is 5.69 Å². The molecule has 0 radical (unpaired) electrons. The van der Waals surface area contributed by atoms with E-state index >= 15 is 0 Å². The van der Waals surface area contributed by atoms with E-state index < -0.39 is 0 Å². The molecule has 1 aliphatic heterocycles. The van der Waals surface area contributed by atoms with Crippen molar-refractivity contribution >= 4 is 11.6 Å². The molecule has 1 amide bonds. The van der Waals surface area contributed by atoms with Crippen LogP contribution in [0.5, 0.6) is 0 Å². The average molecular weight is 289 g/mol. The van der Waals surface area contributed by atoms with Crippen molar-refractivity contribution in [1.82, 2.24) is 4.90 Å². The van der Waals surface area contributed by atoms with Crippen molar-refractivity contribution in [3.05, 3.63) is 29.8 Å². The molecular formula is C17H27N3O. The molecule has 1 saturated heterocycles. The van der Waals surface area contributed by atoms with Crippen molar-refractivity contribution in [1.29, 1.82) is 0 Å². The first-order valence-corrected chi connectivity index (χ1v) is 7.98. The molecule has 0 aromatic heterocycles. The Labute approximate surface area is 127 Å². The van der Waals surface area contributed by atoms with Gasteiger partial charge in [-0.3, -0.25) is 4.79 Å². The van der Waals surface area contributed by atoms with Gasteiger partial charge < -0.3 is 16.0 Å². The second-order valence-corrected chi connectivity index (χ2v) is 6.08. The molecule has 4 nitrogen and oxygen atoms in total. The average Bonchev–Trinajstić information content (AvgIpc) is 2.70. The third-order valence-corrected chi connectivity index (χ3v) is 4.21. The third kappa shape index (κ3) is 5.48. The van der Waals surface area contributed by atoms with Crippen LogP contribution in [0.15, 0.2) is 24.3 Å². The van der Waals surface area contributed by atoms with Crippen molar-refractivity contribution in [2.75, 3.05) is 25.0 Å². The largest absolute Gasteiger partial charge is 0.326 e. The molecule has 1 aromatic rings. The zero-order valence-electron chi connectivity index (χ0n) is 13.0. The Kier molecular flexibility index (Phi) is 6.21. The number of anilines is 1. The van der Waals surface area contributed by atoms with Gasteiger partial charge in [-0.2, -0.15) is 0 Å². The summed E-state index contributed by atoms with van der Waals surface area (Å²) in [5, 5.41) is 2.96. The van der Waals surface area contributed by atoms with Crippen LogP contribution in [0.3, 0.4) is 0 Å². The topological polar surface area (TPSA) is 58.4 Å². The molecule has 21 heavy (non-hydrogen) atoms. The zero-order chi connectivity index (χ0) is 15.1. The molecule has 0 bridgehead atoms. The summed E-state index contributed by atoms with van der Waals surface area (Å²) in [5.41, 5.74) is 7.49. The highest BCUT2D eigenvalue weighted by Crippen LogP contribution is 2.16. The van der Waals surface area contributed by atoms with E-state index in [0.29, 0.717) is 13.0 Å². The fraction of sp³-hybridized carbons (Fsp3) is 0.588. The van der Waals surface area contributed by atoms with E-state index in [-0.39, 0.29) is 5.91 Å². The Bertz CT molecular complexity index is 461. The number of benzene rings is 1. The van der Waals surface area contributed by atoms with E-state index in [4.69, 9.17) is 5.73 Å². The maximum absolute atomic E-state index is 12.0. The van der Waals surface area contributed by atoms with Gasteiger partial charge in [-0.25, -0.2) is 0 Å². The minimum atomic E-state index is 0.0847. The fourth-order valence-electron chi connectivity index (χ4n) is 2.81. The number of carbonyl (C=O) groups excluding carboxylic acids is 1. The van der Waals surface area contributed by atoms with E-state index in [1.807, 2.05) is 24.3 Å². The molecule has 3 N–H and O–H groups in total. The lowest BCUT2D eigenvalue weighted by Crippen LogP contribution is -2.29. The molecule has 1 aliphatic rings. The Morgan fingerprint density at radius 1 is 1.38 bits per heavy atom. The fourth-order valence-corrected chi connectivity index (χ4v) is 2.81. The van der Waals surface area contributed by atoms with Gasteiger partial charge in [-0.15, -0.1) is 0 Å². The van der Waals surface area contributed by atoms with E-state index in [1.54, 1.807) is 0 Å². The Morgan fingerprint density at radius 3 is 3.05 bits per heavy atom. The summed E-state index contributed by atoms with van der Waals surface area (Å²) in [6, 6.07) is 7.73. The van der Waals surface area contributed by atoms with Gasteiger partial charge in [0.2, 0.25) is 5.91 Å². The smallest absolute Gasteiger partial charge is 0.225 e. The SMILES string of the molecule is CC1CCCN(CCC(=O)Nc2cccc(CN)c2)CC1. The maximum atomic E-state index is 12.0. The molecule has 1 atom stereocenters. The summed E-state index contributed by atoms with van der Waals surface area (Å²) < 4.78 is 0. The zero-order valence-corrected chi connectivity index (χ0v) is 13.0. The van der Waals surface area contributed by atoms with Crippen molar-refractivity contribution in [2.45, 2.75) is 39.2 Å². The summed E-state index contributed by atoms with van der Waals surface area (Å²) in [6.07, 6.45) is 4.37. The highest BCUT2D eigenvalue weighted by molar-refractivity contribution is 5.90. The highest BCUT2D eigenvalue weighted by atomic mass is 16.1. The van der Waals surface area contributed by atoms with Crippen LogP contribution >= 0.6 is 0 Å². The van der Waals surface area contributed by atoms with Crippen molar-refractivity contribution in [3.63, 3.8) is 0 Å². The van der Waals surface area contributed by atoms with Crippen molar-refractivity contribution in [2.24, 2.45) is 11.7 Å². The van der Waals surface area contributed by atoms with Gasteiger partial charge in [0.15, 0.2) is 0 Å². The maximum Gasteiger partial charge on any atom is 0.225 e. The molecule has 0 aliphatic carbocycles. The van der Waals surface area contributed by atoms with Crippen LogP contribution in [0.25, 0.3) is 0 Å². The molecule has 0 spiro atoms. The summed E-state index contributed by atoms with van der Waals surface area (Å²) in [7, 11) is 0. The number of hydrogen-bond donors (Lipinski definition) is 2. The van der Waals surface area contributed by atoms with Crippen molar-refractivity contribution in [3.8, 4) is 0 Å². The quantitative estimate of drug-likeness (QED) is 0.876. The van der Waals surface area contributed by atoms with E-state index in [9.17, 15) is 4.79 Å². The number of rotatable bonds is 5. The minimum absolute atomic E-state index is 0.0847. The van der Waals surface area contributed by atoms with Gasteiger partial charge in [-0.1, -0.05) is 19.1 Å². The molecule has 1 unspecified atom stereocenters. The molecular weight excluding hydrogens is 262 g/mol. The van der Waals surface area contributed by atoms with E-state index in [0.717, 1.165) is 36.8 Å². The van der Waals surface area contributed by atoms with Crippen LogP contribution in [0.1, 0.15) is 38.2 Å². The molecule has 116 valence electrons. The first kappa shape index (κ1) is 16.0. The number of nitrogens with one attached hydrogen (secondary N) is 1. The lowest BCUT2D eigenvalue weighted by Gasteiger charge is -2.19. The highest BCUT2D eigenvalue weighted by Gasteiger charge is 2.14. The van der Waals surface area contributed by atoms with Crippen molar-refractivity contribution < 1.29 is 4.79 Å². The third-order valence-electron chi connectivity index (χ3n) is 4.21. The Morgan fingerprint density at radius 2 is 2.24 bits per heavy atom. The molecule has 4 heteroatoms. The first-order valence-electron chi connectivity index (χ1n) is 7.98. The number of amides is 1. The molecule has 1 aromatic carbocycles. The standard InChI is InChI=1S/C17H27N3O/c1-14-4-3-9-20(10-7-14)11-8-17(21)19-16-6-2-5-15(12-16)13-18/h2,5-6,12,14H,3-4,7-11,13,18H2,1H3,(H,19,21). The van der Waals surface area contributed by atoms with E-state index in [2.05, 4.69) is 17.1 Å². The Balaban J connectivity index is 1.76. The number of carbonyl (C=O) groups is 1. The van der Waals surface area contributed by atoms with Crippen LogP contribution in [-0.4, -0.2) is 30.4 Å². The van der Waals surface area contributed by atoms with Gasteiger partial charge in [0, 0.05) is 25.2 Å². The molecule has 2 rings (SSSR count). The summed E-state index contributed by atoms with van der Waals surface area (Å²) in [5.74, 6) is 0.907. The van der Waals surface area contributed by atoms with Gasteiger partial charge in [-0.05, 0) is 56.0 Å². The second-order valence-electron chi connectivity index (χ2n) is 6.08. The molecule has 1 heterocycles. The predicted molar refractivity (Wildman–Crippen MR) is 87.0 cm³/mol. The number of nitrogens with two attached hydrogens (primary N) is 1. The lowest BCUT2D eigenvalue weighted by molar-refractivity contribution is -0.116. The Hall–Kier alpha value is -1.39. The summed E-state index contributed by atoms with van der Waals surface area (Å²) >= 11 is 0. The number of hydrogen-bond acceptors (Lipinski definition) is 3. The second kappa shape index (κ2) is 8.15. The van der Waals surface area contributed by atoms with Crippen LogP contribution in [0.2, 0.25) is 0 Å². The minimum Gasteiger partial charge on any atom is -0.326 e. The van der Waals surface area contributed by atoms with Gasteiger partial charge >= 0.3 is 0 Å². The van der Waals surface area contributed by atoms with Crippen LogP contribution in [-0.2, 0) is 11.3 Å². The van der Waals surface area contributed by atoms with Gasteiger partial charge in [0.1, 0.15) is 0 Å². The van der Waals surface area contributed by atoms with Gasteiger partial charge in [0.05, 0.1) is 0 Å². The molecule has 1 fully saturated rings. The number of likely N-dealkylation sites (tertiary alicyclic amines) is 1. The normalized spacial score (nSPS) is 20.0. The predicted octanol–water partition coefficient (Wildman–Crippen LogP) is 2.60. The van der Waals surface area contributed by atoms with Gasteiger partial charge in [0.25, 0.3) is 0 Å². The van der Waals surface area contributed by atoms with Crippen LogP contribution < -0.4 is 11.1 Å². The lowest BCUT2D eigenvalue weighted by atomic mass is 10.0. The van der Waals surface area contributed by atoms with E-state index in [1.165, 1.54) is 19.3 Å². The summed E-state index contributed by atoms with van der Waals surface area (Å²) in [4.78, 5) is 14.5. The number of nitrogens with zero attached hydrogens (tertiary/aromatic N) is 1. The van der Waals surface area contributed by atoms with Crippen LogP contribution in [0, 0.1) is 5.92 Å². The molecule has 0 saturated carbocycles.